The molecule has 0 atom stereocenters. The number of hydrogen-bond acceptors (Lipinski definition) is 4. The summed E-state index contributed by atoms with van der Waals surface area (Å²) in [5, 5.41) is 4.01. The highest BCUT2D eigenvalue weighted by Crippen LogP contribution is 2.55. The quantitative estimate of drug-likeness (QED) is 0.843. The minimum atomic E-state index is -0.211. The van der Waals surface area contributed by atoms with Gasteiger partial charge in [-0.1, -0.05) is 11.8 Å². The summed E-state index contributed by atoms with van der Waals surface area (Å²) in [6.45, 7) is 0.657. The Morgan fingerprint density at radius 2 is 1.87 bits per heavy atom. The minimum Gasteiger partial charge on any atom is -0.346 e. The van der Waals surface area contributed by atoms with Gasteiger partial charge in [-0.05, 0) is 56.3 Å². The van der Waals surface area contributed by atoms with Gasteiger partial charge in [-0.2, -0.15) is 0 Å². The molecule has 23 heavy (non-hydrogen) atoms. The molecule has 1 N–H and O–H groups in total. The summed E-state index contributed by atoms with van der Waals surface area (Å²) in [5.41, 5.74) is -0.0225. The predicted molar refractivity (Wildman–Crippen MR) is 87.6 cm³/mol. The van der Waals surface area contributed by atoms with E-state index in [-0.39, 0.29) is 22.6 Å². The Balaban J connectivity index is 1.43. The van der Waals surface area contributed by atoms with Gasteiger partial charge in [-0.15, -0.1) is 0 Å². The molecule has 4 aliphatic carbocycles. The number of rotatable bonds is 2. The van der Waals surface area contributed by atoms with E-state index in [1.807, 2.05) is 0 Å². The van der Waals surface area contributed by atoms with Gasteiger partial charge in [0.15, 0.2) is 5.16 Å². The molecule has 1 aromatic heterocycles. The van der Waals surface area contributed by atoms with Crippen LogP contribution < -0.4 is 10.9 Å². The number of hydrogen-bond donors (Lipinski definition) is 1. The van der Waals surface area contributed by atoms with E-state index in [2.05, 4.69) is 10.3 Å². The second-order valence-electron chi connectivity index (χ2n) is 7.91. The summed E-state index contributed by atoms with van der Waals surface area (Å²) in [5.74, 6) is 2.98. The molecule has 0 radical (unpaired) electrons. The van der Waals surface area contributed by atoms with E-state index < -0.39 is 0 Å². The van der Waals surface area contributed by atoms with E-state index in [4.69, 9.17) is 0 Å². The lowest BCUT2D eigenvalue weighted by molar-refractivity contribution is -0.0167. The van der Waals surface area contributed by atoms with E-state index in [1.165, 1.54) is 25.5 Å². The number of fused-ring (bicyclic) bond motifs is 1. The van der Waals surface area contributed by atoms with Crippen LogP contribution in [0.15, 0.2) is 16.1 Å². The van der Waals surface area contributed by atoms with Crippen LogP contribution in [0.25, 0.3) is 0 Å². The molecule has 4 fully saturated rings. The van der Waals surface area contributed by atoms with Crippen LogP contribution in [0.1, 0.15) is 48.9 Å². The molecule has 2 heterocycles. The molecule has 4 bridgehead atoms. The first-order chi connectivity index (χ1) is 11.1. The first kappa shape index (κ1) is 14.1. The van der Waals surface area contributed by atoms with E-state index in [0.717, 1.165) is 47.9 Å². The second kappa shape index (κ2) is 4.85. The van der Waals surface area contributed by atoms with Crippen molar-refractivity contribution >= 4 is 17.7 Å². The first-order valence-electron chi connectivity index (χ1n) is 8.67. The van der Waals surface area contributed by atoms with Crippen LogP contribution in [0.4, 0.5) is 0 Å². The van der Waals surface area contributed by atoms with E-state index in [9.17, 15) is 9.59 Å². The van der Waals surface area contributed by atoms with Gasteiger partial charge < -0.3 is 5.32 Å². The number of carbonyl (C=O) groups excluding carboxylic acids is 1. The van der Waals surface area contributed by atoms with Crippen molar-refractivity contribution in [2.45, 2.75) is 55.8 Å². The van der Waals surface area contributed by atoms with E-state index in [0.29, 0.717) is 6.54 Å². The summed E-state index contributed by atoms with van der Waals surface area (Å²) < 4.78 is 1.64. The highest BCUT2D eigenvalue weighted by atomic mass is 32.2. The lowest BCUT2D eigenvalue weighted by Crippen LogP contribution is -2.60. The molecule has 0 unspecified atom stereocenters. The van der Waals surface area contributed by atoms with Crippen LogP contribution in [0, 0.1) is 17.8 Å². The number of thioether (sulfide) groups is 1. The molecule has 0 saturated heterocycles. The Hall–Kier alpha value is -1.30. The van der Waals surface area contributed by atoms with Gasteiger partial charge >= 0.3 is 0 Å². The fourth-order valence-electron chi connectivity index (χ4n) is 5.75. The molecular formula is C17H21N3O2S. The van der Waals surface area contributed by atoms with Crippen LogP contribution in [-0.4, -0.2) is 26.8 Å². The SMILES string of the molecule is O=C(NC12CC3CC(CC(C3)C1)C2)c1cnc2n(c1=O)CCS2. The Kier molecular flexibility index (Phi) is 2.97. The zero-order valence-electron chi connectivity index (χ0n) is 13.1. The molecule has 4 saturated carbocycles. The topological polar surface area (TPSA) is 64.0 Å². The van der Waals surface area contributed by atoms with Gasteiger partial charge in [0.05, 0.1) is 0 Å². The van der Waals surface area contributed by atoms with Crippen molar-refractivity contribution in [1.29, 1.82) is 0 Å². The van der Waals surface area contributed by atoms with E-state index in [1.54, 1.807) is 16.3 Å². The van der Waals surface area contributed by atoms with Gasteiger partial charge in [-0.3, -0.25) is 14.2 Å². The number of aromatic nitrogens is 2. The molecule has 6 rings (SSSR count). The van der Waals surface area contributed by atoms with E-state index >= 15 is 0 Å². The van der Waals surface area contributed by atoms with Crippen LogP contribution >= 0.6 is 11.8 Å². The molecule has 0 spiro atoms. The Morgan fingerprint density at radius 1 is 1.22 bits per heavy atom. The van der Waals surface area contributed by atoms with Crippen molar-refractivity contribution in [2.75, 3.05) is 5.75 Å². The van der Waals surface area contributed by atoms with Crippen LogP contribution in [-0.2, 0) is 6.54 Å². The summed E-state index contributed by atoms with van der Waals surface area (Å²) in [6.07, 6.45) is 8.80. The Bertz CT molecular complexity index is 707. The average Bonchev–Trinajstić information content (AvgIpc) is 2.94. The first-order valence-corrected chi connectivity index (χ1v) is 9.66. The smallest absolute Gasteiger partial charge is 0.267 e. The van der Waals surface area contributed by atoms with Crippen molar-refractivity contribution in [2.24, 2.45) is 17.8 Å². The fourth-order valence-corrected chi connectivity index (χ4v) is 6.66. The normalized spacial score (nSPS) is 37.0. The Labute approximate surface area is 139 Å². The summed E-state index contributed by atoms with van der Waals surface area (Å²) >= 11 is 1.58. The third-order valence-electron chi connectivity index (χ3n) is 6.22. The van der Waals surface area contributed by atoms with Crippen molar-refractivity contribution in [3.05, 3.63) is 22.1 Å². The van der Waals surface area contributed by atoms with Gasteiger partial charge in [0.2, 0.25) is 0 Å². The maximum Gasteiger partial charge on any atom is 0.267 e. The second-order valence-corrected chi connectivity index (χ2v) is 8.97. The zero-order chi connectivity index (χ0) is 15.6. The maximum atomic E-state index is 12.8. The third-order valence-corrected chi connectivity index (χ3v) is 7.19. The number of amides is 1. The van der Waals surface area contributed by atoms with Crippen LogP contribution in [0.2, 0.25) is 0 Å². The van der Waals surface area contributed by atoms with Crippen LogP contribution in [0.3, 0.4) is 0 Å². The maximum absolute atomic E-state index is 12.8. The molecule has 5 aliphatic rings. The lowest BCUT2D eigenvalue weighted by Gasteiger charge is -2.56. The monoisotopic (exact) mass is 331 g/mol. The zero-order valence-corrected chi connectivity index (χ0v) is 13.9. The lowest BCUT2D eigenvalue weighted by atomic mass is 9.53. The fraction of sp³-hybridized carbons (Fsp3) is 0.706. The van der Waals surface area contributed by atoms with Gasteiger partial charge in [0, 0.05) is 24.0 Å². The third kappa shape index (κ3) is 2.17. The molecule has 1 aliphatic heterocycles. The predicted octanol–water partition coefficient (Wildman–Crippen LogP) is 2.05. The highest BCUT2D eigenvalue weighted by molar-refractivity contribution is 7.99. The minimum absolute atomic E-state index is 0.0588. The summed E-state index contributed by atoms with van der Waals surface area (Å²) in [7, 11) is 0. The van der Waals surface area contributed by atoms with Crippen molar-refractivity contribution < 1.29 is 4.79 Å². The van der Waals surface area contributed by atoms with Crippen LogP contribution in [0.5, 0.6) is 0 Å². The number of carbonyl (C=O) groups is 1. The van der Waals surface area contributed by atoms with Gasteiger partial charge in [0.25, 0.3) is 11.5 Å². The van der Waals surface area contributed by atoms with Crippen molar-refractivity contribution in [3.8, 4) is 0 Å². The highest BCUT2D eigenvalue weighted by Gasteiger charge is 2.51. The number of nitrogens with one attached hydrogen (secondary N) is 1. The largest absolute Gasteiger partial charge is 0.346 e. The molecule has 5 nitrogen and oxygen atoms in total. The Morgan fingerprint density at radius 3 is 2.52 bits per heavy atom. The molecule has 0 aromatic carbocycles. The molecule has 6 heteroatoms. The van der Waals surface area contributed by atoms with Gasteiger partial charge in [0.1, 0.15) is 5.56 Å². The summed E-state index contributed by atoms with van der Waals surface area (Å²) in [4.78, 5) is 29.6. The molecule has 122 valence electrons. The van der Waals surface area contributed by atoms with Gasteiger partial charge in [-0.25, -0.2) is 4.98 Å². The molecular weight excluding hydrogens is 310 g/mol. The standard InChI is InChI=1S/C17H21N3O2S/c21-14(13-9-18-16-20(15(13)22)1-2-23-16)19-17-6-10-3-11(7-17)5-12(4-10)8-17/h9-12H,1-8H2,(H,19,21). The molecule has 1 amide bonds. The van der Waals surface area contributed by atoms with Crippen molar-refractivity contribution in [1.82, 2.24) is 14.9 Å². The van der Waals surface area contributed by atoms with Crippen molar-refractivity contribution in [3.63, 3.8) is 0 Å². The number of nitrogens with zero attached hydrogens (tertiary/aromatic N) is 2. The summed E-state index contributed by atoms with van der Waals surface area (Å²) in [6, 6.07) is 0. The average molecular weight is 331 g/mol. The molecule has 1 aromatic rings.